The Morgan fingerprint density at radius 1 is 1.40 bits per heavy atom. The summed E-state index contributed by atoms with van der Waals surface area (Å²) < 4.78 is 13.2. The summed E-state index contributed by atoms with van der Waals surface area (Å²) >= 11 is 0. The molecular weight excluding hydrogens is 259 g/mol. The molecule has 0 radical (unpaired) electrons. The lowest BCUT2D eigenvalue weighted by Gasteiger charge is -2.15. The molecule has 1 unspecified atom stereocenters. The normalized spacial score (nSPS) is 12.3. The minimum absolute atomic E-state index is 0.0273. The minimum Gasteiger partial charge on any atom is -0.312 e. The summed E-state index contributed by atoms with van der Waals surface area (Å²) in [5, 5.41) is 14.1. The van der Waals surface area contributed by atoms with Crippen LogP contribution in [0.1, 0.15) is 45.1 Å². The van der Waals surface area contributed by atoms with Gasteiger partial charge in [0, 0.05) is 18.2 Å². The molecule has 1 aromatic rings. The monoisotopic (exact) mass is 282 g/mol. The van der Waals surface area contributed by atoms with E-state index < -0.39 is 10.7 Å². The Morgan fingerprint density at radius 2 is 2.15 bits per heavy atom. The number of nitrogens with zero attached hydrogens (tertiary/aromatic N) is 1. The van der Waals surface area contributed by atoms with Crippen LogP contribution in [0.25, 0.3) is 0 Å². The molecule has 0 aromatic heterocycles. The minimum atomic E-state index is -0.467. The second-order valence-electron chi connectivity index (χ2n) is 5.08. The molecule has 0 spiro atoms. The number of nitrogens with one attached hydrogen (secondary N) is 1. The summed E-state index contributed by atoms with van der Waals surface area (Å²) in [7, 11) is 0. The SMILES string of the molecule is CCCCC(CC)CNCc1cc(F)ccc1[N+](=O)[O-]. The van der Waals surface area contributed by atoms with Crippen molar-refractivity contribution < 1.29 is 9.31 Å². The van der Waals surface area contributed by atoms with Gasteiger partial charge in [-0.2, -0.15) is 0 Å². The summed E-state index contributed by atoms with van der Waals surface area (Å²) in [4.78, 5) is 10.4. The highest BCUT2D eigenvalue weighted by atomic mass is 19.1. The highest BCUT2D eigenvalue weighted by molar-refractivity contribution is 5.40. The molecule has 0 saturated carbocycles. The van der Waals surface area contributed by atoms with Crippen LogP contribution in [0.4, 0.5) is 10.1 Å². The first-order chi connectivity index (χ1) is 9.58. The maximum Gasteiger partial charge on any atom is 0.274 e. The first-order valence-electron chi connectivity index (χ1n) is 7.22. The summed E-state index contributed by atoms with van der Waals surface area (Å²) in [6.45, 7) is 5.45. The predicted octanol–water partition coefficient (Wildman–Crippen LogP) is 4.04. The molecule has 0 fully saturated rings. The van der Waals surface area contributed by atoms with Gasteiger partial charge in [-0.25, -0.2) is 4.39 Å². The standard InChI is InChI=1S/C15H23FN2O2/c1-3-5-6-12(4-2)10-17-11-13-9-14(16)7-8-15(13)18(19)20/h7-9,12,17H,3-6,10-11H2,1-2H3. The Labute approximate surface area is 119 Å². The van der Waals surface area contributed by atoms with Crippen LogP contribution in [0.3, 0.4) is 0 Å². The molecule has 1 atom stereocenters. The lowest BCUT2D eigenvalue weighted by molar-refractivity contribution is -0.385. The van der Waals surface area contributed by atoms with E-state index in [9.17, 15) is 14.5 Å². The summed E-state index contributed by atoms with van der Waals surface area (Å²) in [5.41, 5.74) is 0.376. The highest BCUT2D eigenvalue weighted by Crippen LogP contribution is 2.19. The Balaban J connectivity index is 2.56. The molecule has 0 aliphatic carbocycles. The van der Waals surface area contributed by atoms with Gasteiger partial charge in [-0.3, -0.25) is 10.1 Å². The largest absolute Gasteiger partial charge is 0.312 e. The van der Waals surface area contributed by atoms with Crippen molar-refractivity contribution in [2.75, 3.05) is 6.54 Å². The Morgan fingerprint density at radius 3 is 2.75 bits per heavy atom. The molecule has 0 heterocycles. The van der Waals surface area contributed by atoms with Gasteiger partial charge in [0.15, 0.2) is 0 Å². The average molecular weight is 282 g/mol. The van der Waals surface area contributed by atoms with Crippen molar-refractivity contribution in [3.63, 3.8) is 0 Å². The van der Waals surface area contributed by atoms with Crippen LogP contribution in [-0.4, -0.2) is 11.5 Å². The number of hydrogen-bond donors (Lipinski definition) is 1. The zero-order valence-corrected chi connectivity index (χ0v) is 12.2. The molecule has 1 rings (SSSR count). The number of hydrogen-bond acceptors (Lipinski definition) is 3. The third kappa shape index (κ3) is 5.25. The molecule has 0 bridgehead atoms. The van der Waals surface area contributed by atoms with Gasteiger partial charge in [0.1, 0.15) is 5.82 Å². The van der Waals surface area contributed by atoms with Gasteiger partial charge in [-0.05, 0) is 31.0 Å². The molecule has 112 valence electrons. The topological polar surface area (TPSA) is 55.2 Å². The zero-order valence-electron chi connectivity index (χ0n) is 12.2. The summed E-state index contributed by atoms with van der Waals surface area (Å²) in [6, 6.07) is 3.58. The first kappa shape index (κ1) is 16.6. The van der Waals surface area contributed by atoms with Crippen LogP contribution in [-0.2, 0) is 6.54 Å². The third-order valence-electron chi connectivity index (χ3n) is 3.53. The second kappa shape index (κ2) is 8.64. The second-order valence-corrected chi connectivity index (χ2v) is 5.08. The Bertz CT molecular complexity index is 438. The molecule has 5 heteroatoms. The number of unbranched alkanes of at least 4 members (excludes halogenated alkanes) is 1. The van der Waals surface area contributed by atoms with Gasteiger partial charge in [-0.15, -0.1) is 0 Å². The maximum absolute atomic E-state index is 13.2. The van der Waals surface area contributed by atoms with Crippen LogP contribution in [0.15, 0.2) is 18.2 Å². The van der Waals surface area contributed by atoms with E-state index in [4.69, 9.17) is 0 Å². The average Bonchev–Trinajstić information content (AvgIpc) is 2.42. The van der Waals surface area contributed by atoms with E-state index >= 15 is 0 Å². The van der Waals surface area contributed by atoms with Gasteiger partial charge in [-0.1, -0.05) is 33.1 Å². The van der Waals surface area contributed by atoms with Crippen molar-refractivity contribution >= 4 is 5.69 Å². The third-order valence-corrected chi connectivity index (χ3v) is 3.53. The van der Waals surface area contributed by atoms with Gasteiger partial charge < -0.3 is 5.32 Å². The molecule has 4 nitrogen and oxygen atoms in total. The number of rotatable bonds is 9. The lowest BCUT2D eigenvalue weighted by Crippen LogP contribution is -2.22. The van der Waals surface area contributed by atoms with Crippen LogP contribution < -0.4 is 5.32 Å². The highest BCUT2D eigenvalue weighted by Gasteiger charge is 2.14. The van der Waals surface area contributed by atoms with Crippen LogP contribution in [0.5, 0.6) is 0 Å². The number of benzene rings is 1. The van der Waals surface area contributed by atoms with E-state index in [0.29, 0.717) is 18.0 Å². The van der Waals surface area contributed by atoms with Gasteiger partial charge in [0.2, 0.25) is 0 Å². The maximum atomic E-state index is 13.2. The predicted molar refractivity (Wildman–Crippen MR) is 78.1 cm³/mol. The lowest BCUT2D eigenvalue weighted by atomic mass is 9.99. The van der Waals surface area contributed by atoms with E-state index in [1.54, 1.807) is 0 Å². The van der Waals surface area contributed by atoms with Crippen molar-refractivity contribution in [3.05, 3.63) is 39.7 Å². The number of nitro groups is 1. The van der Waals surface area contributed by atoms with Crippen molar-refractivity contribution in [3.8, 4) is 0 Å². The summed E-state index contributed by atoms with van der Waals surface area (Å²) in [6.07, 6.45) is 4.61. The smallest absolute Gasteiger partial charge is 0.274 e. The molecule has 0 aliphatic heterocycles. The van der Waals surface area contributed by atoms with E-state index in [0.717, 1.165) is 25.5 Å². The number of halogens is 1. The van der Waals surface area contributed by atoms with Gasteiger partial charge in [0.05, 0.1) is 4.92 Å². The molecule has 1 aromatic carbocycles. The van der Waals surface area contributed by atoms with Crippen LogP contribution in [0, 0.1) is 21.8 Å². The van der Waals surface area contributed by atoms with Crippen LogP contribution in [0.2, 0.25) is 0 Å². The number of nitro benzene ring substituents is 1. The molecule has 0 saturated heterocycles. The fraction of sp³-hybridized carbons (Fsp3) is 0.600. The van der Waals surface area contributed by atoms with Crippen molar-refractivity contribution in [1.29, 1.82) is 0 Å². The molecular formula is C15H23FN2O2. The zero-order chi connectivity index (χ0) is 15.0. The first-order valence-corrected chi connectivity index (χ1v) is 7.22. The van der Waals surface area contributed by atoms with E-state index in [1.165, 1.54) is 25.0 Å². The van der Waals surface area contributed by atoms with E-state index in [1.807, 2.05) is 0 Å². The van der Waals surface area contributed by atoms with E-state index in [2.05, 4.69) is 19.2 Å². The Hall–Kier alpha value is -1.49. The van der Waals surface area contributed by atoms with Crippen molar-refractivity contribution in [1.82, 2.24) is 5.32 Å². The van der Waals surface area contributed by atoms with Gasteiger partial charge >= 0.3 is 0 Å². The molecule has 0 amide bonds. The Kier molecular flexibility index (Phi) is 7.15. The van der Waals surface area contributed by atoms with Crippen LogP contribution >= 0.6 is 0 Å². The quantitative estimate of drug-likeness (QED) is 0.549. The molecule has 0 aliphatic rings. The van der Waals surface area contributed by atoms with E-state index in [-0.39, 0.29) is 5.69 Å². The summed E-state index contributed by atoms with van der Waals surface area (Å²) in [5.74, 6) is 0.132. The van der Waals surface area contributed by atoms with Gasteiger partial charge in [0.25, 0.3) is 5.69 Å². The molecule has 20 heavy (non-hydrogen) atoms. The molecule has 1 N–H and O–H groups in total. The van der Waals surface area contributed by atoms with Crippen molar-refractivity contribution in [2.24, 2.45) is 5.92 Å². The fourth-order valence-electron chi connectivity index (χ4n) is 2.23. The fourth-order valence-corrected chi connectivity index (χ4v) is 2.23. The van der Waals surface area contributed by atoms with Crippen molar-refractivity contribution in [2.45, 2.75) is 46.1 Å².